The van der Waals surface area contributed by atoms with E-state index in [0.29, 0.717) is 16.8 Å². The summed E-state index contributed by atoms with van der Waals surface area (Å²) >= 11 is 0. The van der Waals surface area contributed by atoms with Crippen LogP contribution in [-0.4, -0.2) is 15.7 Å². The molecule has 0 saturated carbocycles. The van der Waals surface area contributed by atoms with E-state index < -0.39 is 0 Å². The molecule has 5 nitrogen and oxygen atoms in total. The summed E-state index contributed by atoms with van der Waals surface area (Å²) < 4.78 is 1.56. The molecule has 1 N–H and O–H groups in total. The Bertz CT molecular complexity index is 577. The Morgan fingerprint density at radius 2 is 2.12 bits per heavy atom. The SMILES string of the molecule is Cn1cc(C(=O)Nc2ccc(C#N)cc2)cn1. The van der Waals surface area contributed by atoms with Crippen LogP contribution in [0.5, 0.6) is 0 Å². The summed E-state index contributed by atoms with van der Waals surface area (Å²) in [7, 11) is 1.75. The molecule has 0 aliphatic carbocycles. The zero-order valence-electron chi connectivity index (χ0n) is 9.21. The number of hydrogen-bond donors (Lipinski definition) is 1. The van der Waals surface area contributed by atoms with E-state index in [1.165, 1.54) is 6.20 Å². The summed E-state index contributed by atoms with van der Waals surface area (Å²) in [5.74, 6) is -0.220. The first-order valence-corrected chi connectivity index (χ1v) is 4.99. The Balaban J connectivity index is 2.11. The number of anilines is 1. The molecular weight excluding hydrogens is 216 g/mol. The number of benzene rings is 1. The average Bonchev–Trinajstić information content (AvgIpc) is 2.77. The second-order valence-corrected chi connectivity index (χ2v) is 3.55. The number of carbonyl (C=O) groups is 1. The highest BCUT2D eigenvalue weighted by Crippen LogP contribution is 2.10. The van der Waals surface area contributed by atoms with E-state index in [4.69, 9.17) is 5.26 Å². The number of carbonyl (C=O) groups excluding carboxylic acids is 1. The molecule has 5 heteroatoms. The van der Waals surface area contributed by atoms with E-state index in [0.717, 1.165) is 0 Å². The summed E-state index contributed by atoms with van der Waals surface area (Å²) in [6, 6.07) is 8.69. The molecule has 0 spiro atoms. The normalized spacial score (nSPS) is 9.65. The van der Waals surface area contributed by atoms with Crippen LogP contribution in [0.25, 0.3) is 0 Å². The molecule has 0 saturated heterocycles. The van der Waals surface area contributed by atoms with Crippen LogP contribution in [-0.2, 0) is 7.05 Å². The van der Waals surface area contributed by atoms with Crippen LogP contribution in [0.15, 0.2) is 36.7 Å². The van der Waals surface area contributed by atoms with Crippen LogP contribution in [0.2, 0.25) is 0 Å². The predicted octanol–water partition coefficient (Wildman–Crippen LogP) is 1.54. The van der Waals surface area contributed by atoms with Crippen molar-refractivity contribution >= 4 is 11.6 Å². The van der Waals surface area contributed by atoms with Gasteiger partial charge in [0, 0.05) is 18.9 Å². The Labute approximate surface area is 98.3 Å². The summed E-state index contributed by atoms with van der Waals surface area (Å²) in [5.41, 5.74) is 1.71. The lowest BCUT2D eigenvalue weighted by Gasteiger charge is -2.02. The second kappa shape index (κ2) is 4.49. The Hall–Kier alpha value is -2.61. The first-order chi connectivity index (χ1) is 8.19. The monoisotopic (exact) mass is 226 g/mol. The summed E-state index contributed by atoms with van der Waals surface area (Å²) in [6.07, 6.45) is 3.14. The maximum absolute atomic E-state index is 11.8. The van der Waals surface area contributed by atoms with Gasteiger partial charge in [0.05, 0.1) is 23.4 Å². The number of hydrogen-bond acceptors (Lipinski definition) is 3. The third-order valence-corrected chi connectivity index (χ3v) is 2.24. The Kier molecular flexibility index (Phi) is 2.88. The van der Waals surface area contributed by atoms with E-state index in [1.807, 2.05) is 6.07 Å². The quantitative estimate of drug-likeness (QED) is 0.844. The predicted molar refractivity (Wildman–Crippen MR) is 62.3 cm³/mol. The van der Waals surface area contributed by atoms with Crippen LogP contribution in [0.3, 0.4) is 0 Å². The first-order valence-electron chi connectivity index (χ1n) is 4.99. The van der Waals surface area contributed by atoms with Gasteiger partial charge in [-0.25, -0.2) is 0 Å². The highest BCUT2D eigenvalue weighted by atomic mass is 16.1. The van der Waals surface area contributed by atoms with Crippen molar-refractivity contribution in [1.82, 2.24) is 9.78 Å². The van der Waals surface area contributed by atoms with Gasteiger partial charge in [0.15, 0.2) is 0 Å². The molecule has 84 valence electrons. The highest BCUT2D eigenvalue weighted by Gasteiger charge is 2.07. The van der Waals surface area contributed by atoms with Crippen molar-refractivity contribution in [2.45, 2.75) is 0 Å². The number of amides is 1. The molecule has 0 aliphatic rings. The van der Waals surface area contributed by atoms with Gasteiger partial charge in [0.2, 0.25) is 0 Å². The molecule has 1 amide bonds. The van der Waals surface area contributed by atoms with Gasteiger partial charge in [-0.15, -0.1) is 0 Å². The van der Waals surface area contributed by atoms with Gasteiger partial charge in [0.1, 0.15) is 0 Å². The van der Waals surface area contributed by atoms with Crippen molar-refractivity contribution in [2.75, 3.05) is 5.32 Å². The number of rotatable bonds is 2. The highest BCUT2D eigenvalue weighted by molar-refractivity contribution is 6.03. The molecular formula is C12H10N4O. The summed E-state index contributed by atoms with van der Waals surface area (Å²) in [5, 5.41) is 15.3. The summed E-state index contributed by atoms with van der Waals surface area (Å²) in [6.45, 7) is 0. The number of nitrogens with one attached hydrogen (secondary N) is 1. The lowest BCUT2D eigenvalue weighted by molar-refractivity contribution is 0.102. The van der Waals surface area contributed by atoms with E-state index in [9.17, 15) is 4.79 Å². The second-order valence-electron chi connectivity index (χ2n) is 3.55. The smallest absolute Gasteiger partial charge is 0.258 e. The molecule has 0 atom stereocenters. The molecule has 2 aromatic rings. The zero-order valence-corrected chi connectivity index (χ0v) is 9.21. The maximum atomic E-state index is 11.8. The summed E-state index contributed by atoms with van der Waals surface area (Å²) in [4.78, 5) is 11.8. The molecule has 0 bridgehead atoms. The molecule has 0 radical (unpaired) electrons. The van der Waals surface area contributed by atoms with Gasteiger partial charge in [-0.1, -0.05) is 0 Å². The molecule has 0 unspecified atom stereocenters. The third kappa shape index (κ3) is 2.49. The maximum Gasteiger partial charge on any atom is 0.258 e. The van der Waals surface area contributed by atoms with Gasteiger partial charge < -0.3 is 5.32 Å². The topological polar surface area (TPSA) is 70.7 Å². The fourth-order valence-corrected chi connectivity index (χ4v) is 1.37. The molecule has 1 aromatic heterocycles. The number of aryl methyl sites for hydroxylation is 1. The van der Waals surface area contributed by atoms with Crippen molar-refractivity contribution < 1.29 is 4.79 Å². The van der Waals surface area contributed by atoms with Crippen molar-refractivity contribution in [2.24, 2.45) is 7.05 Å². The van der Waals surface area contributed by atoms with E-state index in [1.54, 1.807) is 42.2 Å². The van der Waals surface area contributed by atoms with Gasteiger partial charge in [0.25, 0.3) is 5.91 Å². The largest absolute Gasteiger partial charge is 0.322 e. The van der Waals surface area contributed by atoms with Gasteiger partial charge in [-0.3, -0.25) is 9.48 Å². The molecule has 0 aliphatic heterocycles. The van der Waals surface area contributed by atoms with Crippen molar-refractivity contribution in [1.29, 1.82) is 5.26 Å². The minimum absolute atomic E-state index is 0.220. The molecule has 1 heterocycles. The van der Waals surface area contributed by atoms with E-state index >= 15 is 0 Å². The molecule has 0 fully saturated rings. The number of nitriles is 1. The van der Waals surface area contributed by atoms with Crippen LogP contribution < -0.4 is 5.32 Å². The number of nitrogens with zero attached hydrogens (tertiary/aromatic N) is 3. The Morgan fingerprint density at radius 3 is 2.65 bits per heavy atom. The minimum Gasteiger partial charge on any atom is -0.322 e. The van der Waals surface area contributed by atoms with Crippen LogP contribution in [0.4, 0.5) is 5.69 Å². The van der Waals surface area contributed by atoms with Gasteiger partial charge >= 0.3 is 0 Å². The van der Waals surface area contributed by atoms with Crippen molar-refractivity contribution in [3.63, 3.8) is 0 Å². The molecule has 17 heavy (non-hydrogen) atoms. The zero-order chi connectivity index (χ0) is 12.3. The fourth-order valence-electron chi connectivity index (χ4n) is 1.37. The van der Waals surface area contributed by atoms with E-state index in [-0.39, 0.29) is 5.91 Å². The van der Waals surface area contributed by atoms with Crippen LogP contribution in [0.1, 0.15) is 15.9 Å². The lowest BCUT2D eigenvalue weighted by atomic mass is 10.2. The average molecular weight is 226 g/mol. The first kappa shape index (κ1) is 10.9. The van der Waals surface area contributed by atoms with Crippen LogP contribution >= 0.6 is 0 Å². The minimum atomic E-state index is -0.220. The van der Waals surface area contributed by atoms with Crippen molar-refractivity contribution in [3.8, 4) is 6.07 Å². The molecule has 1 aromatic carbocycles. The molecule has 2 rings (SSSR count). The van der Waals surface area contributed by atoms with E-state index in [2.05, 4.69) is 10.4 Å². The number of aromatic nitrogens is 2. The fraction of sp³-hybridized carbons (Fsp3) is 0.0833. The van der Waals surface area contributed by atoms with Crippen molar-refractivity contribution in [3.05, 3.63) is 47.8 Å². The van der Waals surface area contributed by atoms with Crippen LogP contribution in [0, 0.1) is 11.3 Å². The van der Waals surface area contributed by atoms with Gasteiger partial charge in [-0.2, -0.15) is 10.4 Å². The van der Waals surface area contributed by atoms with Gasteiger partial charge in [-0.05, 0) is 24.3 Å². The third-order valence-electron chi connectivity index (χ3n) is 2.24. The lowest BCUT2D eigenvalue weighted by Crippen LogP contribution is -2.10. The standard InChI is InChI=1S/C12H10N4O/c1-16-8-10(7-14-16)12(17)15-11-4-2-9(6-13)3-5-11/h2-5,7-8H,1H3,(H,15,17). The Morgan fingerprint density at radius 1 is 1.41 bits per heavy atom.